The van der Waals surface area contributed by atoms with Gasteiger partial charge in [0.1, 0.15) is 5.69 Å². The number of aromatic nitrogens is 1. The largest absolute Gasteiger partial charge is 0.433 e. The number of alkyl halides is 3. The summed E-state index contributed by atoms with van der Waals surface area (Å²) in [6.07, 6.45) is -3.37. The van der Waals surface area contributed by atoms with Crippen molar-refractivity contribution in [3.8, 4) is 0 Å². The SMILES string of the molecule is CCN=C(N)Nc1ccc(C(F)(F)F)nc1. The minimum Gasteiger partial charge on any atom is -0.370 e. The third-order valence-corrected chi connectivity index (χ3v) is 1.65. The molecule has 1 heterocycles. The van der Waals surface area contributed by atoms with Crippen LogP contribution in [0.5, 0.6) is 0 Å². The first-order valence-electron chi connectivity index (χ1n) is 4.53. The third kappa shape index (κ3) is 3.41. The summed E-state index contributed by atoms with van der Waals surface area (Å²) in [7, 11) is 0. The normalized spacial score (nSPS) is 12.6. The van der Waals surface area contributed by atoms with Gasteiger partial charge in [0.2, 0.25) is 0 Å². The molecule has 0 aromatic carbocycles. The second-order valence-electron chi connectivity index (χ2n) is 2.91. The van der Waals surface area contributed by atoms with E-state index in [9.17, 15) is 13.2 Å². The first-order chi connectivity index (χ1) is 7.43. The number of guanidine groups is 1. The van der Waals surface area contributed by atoms with E-state index in [4.69, 9.17) is 5.73 Å². The summed E-state index contributed by atoms with van der Waals surface area (Å²) in [4.78, 5) is 7.09. The Balaban J connectivity index is 2.76. The molecule has 1 aromatic rings. The molecule has 7 heteroatoms. The van der Waals surface area contributed by atoms with E-state index in [1.54, 1.807) is 6.92 Å². The van der Waals surface area contributed by atoms with Gasteiger partial charge in [-0.15, -0.1) is 0 Å². The molecule has 1 rings (SSSR count). The van der Waals surface area contributed by atoms with Crippen LogP contribution >= 0.6 is 0 Å². The highest BCUT2D eigenvalue weighted by Crippen LogP contribution is 2.27. The molecule has 0 aliphatic rings. The highest BCUT2D eigenvalue weighted by molar-refractivity contribution is 5.92. The van der Waals surface area contributed by atoms with Crippen molar-refractivity contribution in [2.24, 2.45) is 10.7 Å². The van der Waals surface area contributed by atoms with Gasteiger partial charge in [0, 0.05) is 6.54 Å². The topological polar surface area (TPSA) is 63.3 Å². The van der Waals surface area contributed by atoms with Crippen LogP contribution in [0.1, 0.15) is 12.6 Å². The van der Waals surface area contributed by atoms with Gasteiger partial charge in [-0.05, 0) is 19.1 Å². The number of pyridine rings is 1. The van der Waals surface area contributed by atoms with Gasteiger partial charge in [-0.2, -0.15) is 13.2 Å². The molecule has 88 valence electrons. The average Bonchev–Trinajstić information content (AvgIpc) is 2.17. The van der Waals surface area contributed by atoms with Crippen molar-refractivity contribution in [2.45, 2.75) is 13.1 Å². The van der Waals surface area contributed by atoms with Crippen LogP contribution in [0.25, 0.3) is 0 Å². The molecule has 0 bridgehead atoms. The molecule has 0 fully saturated rings. The Kier molecular flexibility index (Phi) is 3.70. The number of halogens is 3. The summed E-state index contributed by atoms with van der Waals surface area (Å²) in [5, 5.41) is 2.62. The van der Waals surface area contributed by atoms with Crippen LogP contribution in [0.15, 0.2) is 23.3 Å². The summed E-state index contributed by atoms with van der Waals surface area (Å²) in [6, 6.07) is 2.12. The number of rotatable bonds is 2. The molecule has 3 N–H and O–H groups in total. The summed E-state index contributed by atoms with van der Waals surface area (Å²) in [5.41, 5.74) is 4.85. The van der Waals surface area contributed by atoms with Crippen LogP contribution in [-0.4, -0.2) is 17.5 Å². The van der Waals surface area contributed by atoms with Gasteiger partial charge in [0.25, 0.3) is 0 Å². The number of nitrogens with two attached hydrogens (primary N) is 1. The average molecular weight is 232 g/mol. The van der Waals surface area contributed by atoms with E-state index in [1.165, 1.54) is 6.07 Å². The van der Waals surface area contributed by atoms with Gasteiger partial charge >= 0.3 is 6.18 Å². The van der Waals surface area contributed by atoms with Gasteiger partial charge in [0.15, 0.2) is 5.96 Å². The lowest BCUT2D eigenvalue weighted by Crippen LogP contribution is -2.22. The Bertz CT molecular complexity index is 369. The molecule has 0 aliphatic heterocycles. The van der Waals surface area contributed by atoms with Crippen LogP contribution in [0.2, 0.25) is 0 Å². The molecular formula is C9H11F3N4. The minimum atomic E-state index is -4.43. The Morgan fingerprint density at radius 3 is 2.62 bits per heavy atom. The van der Waals surface area contributed by atoms with Crippen molar-refractivity contribution in [3.63, 3.8) is 0 Å². The van der Waals surface area contributed by atoms with Crippen molar-refractivity contribution in [1.29, 1.82) is 0 Å². The zero-order chi connectivity index (χ0) is 12.2. The van der Waals surface area contributed by atoms with Crippen molar-refractivity contribution >= 4 is 11.6 Å². The van der Waals surface area contributed by atoms with E-state index >= 15 is 0 Å². The fourth-order valence-electron chi connectivity index (χ4n) is 0.993. The van der Waals surface area contributed by atoms with Gasteiger partial charge in [-0.3, -0.25) is 4.99 Å². The molecule has 0 aliphatic carbocycles. The minimum absolute atomic E-state index is 0.143. The van der Waals surface area contributed by atoms with E-state index in [0.29, 0.717) is 12.2 Å². The maximum absolute atomic E-state index is 12.2. The molecule has 1 aromatic heterocycles. The second-order valence-corrected chi connectivity index (χ2v) is 2.91. The Hall–Kier alpha value is -1.79. The predicted octanol–water partition coefficient (Wildman–Crippen LogP) is 1.85. The van der Waals surface area contributed by atoms with E-state index < -0.39 is 11.9 Å². The fourth-order valence-corrected chi connectivity index (χ4v) is 0.993. The van der Waals surface area contributed by atoms with Crippen LogP contribution in [-0.2, 0) is 6.18 Å². The summed E-state index contributed by atoms with van der Waals surface area (Å²) in [5.74, 6) is 0.143. The molecular weight excluding hydrogens is 221 g/mol. The Morgan fingerprint density at radius 2 is 2.19 bits per heavy atom. The van der Waals surface area contributed by atoms with Crippen molar-refractivity contribution in [2.75, 3.05) is 11.9 Å². The number of nitrogens with zero attached hydrogens (tertiary/aromatic N) is 2. The number of hydrogen-bond donors (Lipinski definition) is 2. The van der Waals surface area contributed by atoms with Crippen molar-refractivity contribution in [1.82, 2.24) is 4.98 Å². The highest BCUT2D eigenvalue weighted by Gasteiger charge is 2.31. The lowest BCUT2D eigenvalue weighted by molar-refractivity contribution is -0.141. The molecule has 0 saturated heterocycles. The van der Waals surface area contributed by atoms with Crippen molar-refractivity contribution in [3.05, 3.63) is 24.0 Å². The van der Waals surface area contributed by atoms with Crippen molar-refractivity contribution < 1.29 is 13.2 Å². The summed E-state index contributed by atoms with van der Waals surface area (Å²) < 4.78 is 36.5. The van der Waals surface area contributed by atoms with E-state index in [-0.39, 0.29) is 5.96 Å². The molecule has 0 saturated carbocycles. The lowest BCUT2D eigenvalue weighted by atomic mass is 10.3. The maximum Gasteiger partial charge on any atom is 0.433 e. The van der Waals surface area contributed by atoms with E-state index in [1.807, 2.05) is 0 Å². The number of anilines is 1. The number of hydrogen-bond acceptors (Lipinski definition) is 2. The van der Waals surface area contributed by atoms with Crippen LogP contribution in [0, 0.1) is 0 Å². The maximum atomic E-state index is 12.2. The second kappa shape index (κ2) is 4.82. The standard InChI is InChI=1S/C9H11F3N4/c1-2-14-8(13)16-6-3-4-7(15-5-6)9(10,11)12/h3-5H,2H2,1H3,(H3,13,14,16). The zero-order valence-electron chi connectivity index (χ0n) is 8.54. The van der Waals surface area contributed by atoms with E-state index in [2.05, 4.69) is 15.3 Å². The Morgan fingerprint density at radius 1 is 1.50 bits per heavy atom. The van der Waals surface area contributed by atoms with Gasteiger partial charge in [0.05, 0.1) is 11.9 Å². The molecule has 0 radical (unpaired) electrons. The molecule has 4 nitrogen and oxygen atoms in total. The monoisotopic (exact) mass is 232 g/mol. The fraction of sp³-hybridized carbons (Fsp3) is 0.333. The molecule has 0 unspecified atom stereocenters. The molecule has 16 heavy (non-hydrogen) atoms. The van der Waals surface area contributed by atoms with Crippen LogP contribution in [0.4, 0.5) is 18.9 Å². The lowest BCUT2D eigenvalue weighted by Gasteiger charge is -2.07. The summed E-state index contributed by atoms with van der Waals surface area (Å²) in [6.45, 7) is 2.28. The van der Waals surface area contributed by atoms with E-state index in [0.717, 1.165) is 12.3 Å². The predicted molar refractivity (Wildman–Crippen MR) is 55.0 cm³/mol. The number of nitrogens with one attached hydrogen (secondary N) is 1. The molecule has 0 spiro atoms. The first-order valence-corrected chi connectivity index (χ1v) is 4.53. The quantitative estimate of drug-likeness (QED) is 0.604. The Labute approximate surface area is 90.4 Å². The van der Waals surface area contributed by atoms with Gasteiger partial charge < -0.3 is 11.1 Å². The molecule has 0 atom stereocenters. The smallest absolute Gasteiger partial charge is 0.370 e. The highest BCUT2D eigenvalue weighted by atomic mass is 19.4. The number of aliphatic imine (C=N–C) groups is 1. The van der Waals surface area contributed by atoms with Crippen LogP contribution < -0.4 is 11.1 Å². The third-order valence-electron chi connectivity index (χ3n) is 1.65. The zero-order valence-corrected chi connectivity index (χ0v) is 8.54. The van der Waals surface area contributed by atoms with Crippen LogP contribution in [0.3, 0.4) is 0 Å². The van der Waals surface area contributed by atoms with Gasteiger partial charge in [-0.25, -0.2) is 4.98 Å². The first kappa shape index (κ1) is 12.3. The van der Waals surface area contributed by atoms with Gasteiger partial charge in [-0.1, -0.05) is 0 Å². The summed E-state index contributed by atoms with van der Waals surface area (Å²) >= 11 is 0. The molecule has 0 amide bonds.